The highest BCUT2D eigenvalue weighted by molar-refractivity contribution is 9.10. The molecule has 1 aromatic carbocycles. The van der Waals surface area contributed by atoms with E-state index >= 15 is 0 Å². The topological polar surface area (TPSA) is 94.2 Å². The van der Waals surface area contributed by atoms with Crippen molar-refractivity contribution in [1.82, 2.24) is 9.88 Å². The Balaban J connectivity index is 2.39. The van der Waals surface area contributed by atoms with E-state index < -0.39 is 17.4 Å². The van der Waals surface area contributed by atoms with Crippen LogP contribution >= 0.6 is 15.9 Å². The van der Waals surface area contributed by atoms with Gasteiger partial charge in [-0.05, 0) is 34.5 Å². The first-order valence-corrected chi connectivity index (χ1v) is 6.88. The summed E-state index contributed by atoms with van der Waals surface area (Å²) in [5.41, 5.74) is 6.99. The number of nitrogens with zero attached hydrogens (tertiary/aromatic N) is 1. The van der Waals surface area contributed by atoms with E-state index in [1.165, 1.54) is 4.57 Å². The highest BCUT2D eigenvalue weighted by atomic mass is 79.9. The van der Waals surface area contributed by atoms with Gasteiger partial charge in [-0.15, -0.1) is 0 Å². The van der Waals surface area contributed by atoms with Gasteiger partial charge in [-0.3, -0.25) is 24.3 Å². The number of fused-ring (bicyclic) bond motifs is 1. The van der Waals surface area contributed by atoms with Crippen LogP contribution in [0.4, 0.5) is 5.82 Å². The van der Waals surface area contributed by atoms with Crippen molar-refractivity contribution in [3.05, 3.63) is 55.8 Å². The molecule has 1 aliphatic heterocycles. The molecule has 1 aromatic heterocycles. The number of pyridine rings is 1. The maximum Gasteiger partial charge on any atom is 0.262 e. The van der Waals surface area contributed by atoms with Gasteiger partial charge in [0.2, 0.25) is 0 Å². The minimum atomic E-state index is -0.603. The number of nitrogens with one attached hydrogen (secondary N) is 1. The Morgan fingerprint density at radius 1 is 1.19 bits per heavy atom. The molecule has 2 amide bonds. The quantitative estimate of drug-likeness (QED) is 0.762. The van der Waals surface area contributed by atoms with Crippen molar-refractivity contribution in [1.29, 1.82) is 0 Å². The molecule has 1 aliphatic rings. The fourth-order valence-corrected chi connectivity index (χ4v) is 2.77. The second kappa shape index (κ2) is 4.56. The number of nitrogen functional groups attached to an aromatic ring is 1. The van der Waals surface area contributed by atoms with Crippen LogP contribution in [0.1, 0.15) is 26.3 Å². The summed E-state index contributed by atoms with van der Waals surface area (Å²) in [5.74, 6) is -1.24. The molecule has 0 saturated carbocycles. The van der Waals surface area contributed by atoms with Gasteiger partial charge in [0, 0.05) is 10.5 Å². The second-order valence-corrected chi connectivity index (χ2v) is 5.48. The van der Waals surface area contributed by atoms with Crippen molar-refractivity contribution < 1.29 is 9.59 Å². The summed E-state index contributed by atoms with van der Waals surface area (Å²) in [6.07, 6.45) is 0. The molecule has 0 fully saturated rings. The minimum Gasteiger partial charge on any atom is -0.384 e. The molecule has 0 radical (unpaired) electrons. The van der Waals surface area contributed by atoms with Crippen molar-refractivity contribution in [2.45, 2.75) is 6.92 Å². The average molecular weight is 348 g/mol. The number of amides is 2. The lowest BCUT2D eigenvalue weighted by Crippen LogP contribution is -2.24. The highest BCUT2D eigenvalue weighted by Gasteiger charge is 2.32. The Labute approximate surface area is 127 Å². The maximum atomic E-state index is 12.3. The van der Waals surface area contributed by atoms with Crippen LogP contribution < -0.4 is 16.6 Å². The molecule has 0 atom stereocenters. The molecule has 6 nitrogen and oxygen atoms in total. The summed E-state index contributed by atoms with van der Waals surface area (Å²) in [7, 11) is 0. The molecule has 2 aromatic rings. The molecule has 0 unspecified atom stereocenters. The predicted molar refractivity (Wildman–Crippen MR) is 80.7 cm³/mol. The lowest BCUT2D eigenvalue weighted by molar-refractivity contribution is 0.0880. The standard InChI is InChI=1S/C14H10BrN3O3/c1-6-3-2-4-8(11(6)15)18-9(19)5-7-10(12(18)16)14(21)17-13(7)20/h2-5H,16H2,1H3,(H,17,20,21). The molecule has 21 heavy (non-hydrogen) atoms. The van der Waals surface area contributed by atoms with E-state index in [9.17, 15) is 14.4 Å². The van der Waals surface area contributed by atoms with Gasteiger partial charge in [0.1, 0.15) is 5.82 Å². The van der Waals surface area contributed by atoms with Crippen LogP contribution in [0.3, 0.4) is 0 Å². The number of carbonyl (C=O) groups excluding carboxylic acids is 2. The zero-order valence-electron chi connectivity index (χ0n) is 10.9. The molecule has 0 aliphatic carbocycles. The van der Waals surface area contributed by atoms with Gasteiger partial charge in [-0.1, -0.05) is 12.1 Å². The zero-order valence-corrected chi connectivity index (χ0v) is 12.5. The van der Waals surface area contributed by atoms with E-state index in [0.717, 1.165) is 11.6 Å². The van der Waals surface area contributed by atoms with E-state index in [1.807, 2.05) is 13.0 Å². The summed E-state index contributed by atoms with van der Waals surface area (Å²) in [4.78, 5) is 35.7. The fourth-order valence-electron chi connectivity index (χ4n) is 2.33. The van der Waals surface area contributed by atoms with Crippen LogP contribution in [-0.4, -0.2) is 16.4 Å². The van der Waals surface area contributed by atoms with Gasteiger partial charge in [0.15, 0.2) is 0 Å². The summed E-state index contributed by atoms with van der Waals surface area (Å²) in [5, 5.41) is 2.13. The highest BCUT2D eigenvalue weighted by Crippen LogP contribution is 2.28. The largest absolute Gasteiger partial charge is 0.384 e. The molecule has 3 rings (SSSR count). The Hall–Kier alpha value is -2.41. The minimum absolute atomic E-state index is 0.0162. The number of halogens is 1. The average Bonchev–Trinajstić information content (AvgIpc) is 2.69. The lowest BCUT2D eigenvalue weighted by atomic mass is 10.1. The van der Waals surface area contributed by atoms with Crippen molar-refractivity contribution in [2.75, 3.05) is 5.73 Å². The summed E-state index contributed by atoms with van der Waals surface area (Å²) in [6, 6.07) is 6.48. The summed E-state index contributed by atoms with van der Waals surface area (Å²) < 4.78 is 1.91. The first-order valence-electron chi connectivity index (χ1n) is 6.08. The molecule has 0 saturated heterocycles. The molecule has 7 heteroatoms. The zero-order chi connectivity index (χ0) is 15.3. The van der Waals surface area contributed by atoms with Crippen LogP contribution in [0.25, 0.3) is 5.69 Å². The molecule has 0 spiro atoms. The number of aryl methyl sites for hydroxylation is 1. The van der Waals surface area contributed by atoms with Crippen LogP contribution in [0.2, 0.25) is 0 Å². The van der Waals surface area contributed by atoms with Gasteiger partial charge in [-0.25, -0.2) is 0 Å². The van der Waals surface area contributed by atoms with Crippen molar-refractivity contribution in [3.63, 3.8) is 0 Å². The SMILES string of the molecule is Cc1cccc(-n2c(N)c3c(cc2=O)C(=O)NC3=O)c1Br. The van der Waals surface area contributed by atoms with E-state index in [-0.39, 0.29) is 16.9 Å². The number of imide groups is 1. The number of hydrogen-bond acceptors (Lipinski definition) is 4. The Morgan fingerprint density at radius 2 is 1.90 bits per heavy atom. The molecular formula is C14H10BrN3O3. The van der Waals surface area contributed by atoms with Crippen LogP contribution in [0.5, 0.6) is 0 Å². The second-order valence-electron chi connectivity index (χ2n) is 4.68. The maximum absolute atomic E-state index is 12.3. The molecule has 106 valence electrons. The van der Waals surface area contributed by atoms with Gasteiger partial charge >= 0.3 is 0 Å². The van der Waals surface area contributed by atoms with Crippen molar-refractivity contribution in [2.24, 2.45) is 0 Å². The molecule has 3 N–H and O–H groups in total. The van der Waals surface area contributed by atoms with E-state index in [0.29, 0.717) is 10.2 Å². The normalized spacial score (nSPS) is 13.2. The number of carbonyl (C=O) groups is 2. The van der Waals surface area contributed by atoms with Gasteiger partial charge < -0.3 is 5.73 Å². The van der Waals surface area contributed by atoms with Crippen LogP contribution in [-0.2, 0) is 0 Å². The molecule has 0 bridgehead atoms. The Bertz CT molecular complexity index is 870. The number of rotatable bonds is 1. The third-order valence-electron chi connectivity index (χ3n) is 3.37. The molecule has 2 heterocycles. The third kappa shape index (κ3) is 1.89. The van der Waals surface area contributed by atoms with Gasteiger partial charge in [-0.2, -0.15) is 0 Å². The van der Waals surface area contributed by atoms with Gasteiger partial charge in [0.25, 0.3) is 17.4 Å². The first-order chi connectivity index (χ1) is 9.91. The van der Waals surface area contributed by atoms with Crippen molar-refractivity contribution in [3.8, 4) is 5.69 Å². The number of nitrogens with two attached hydrogens (primary N) is 1. The predicted octanol–water partition coefficient (Wildman–Crippen LogP) is 1.37. The number of benzene rings is 1. The molecular weight excluding hydrogens is 338 g/mol. The van der Waals surface area contributed by atoms with Crippen molar-refractivity contribution >= 4 is 33.6 Å². The number of hydrogen-bond donors (Lipinski definition) is 2. The van der Waals surface area contributed by atoms with E-state index in [2.05, 4.69) is 21.2 Å². The van der Waals surface area contributed by atoms with Crippen LogP contribution in [0.15, 0.2) is 33.5 Å². The first kappa shape index (κ1) is 13.6. The fraction of sp³-hybridized carbons (Fsp3) is 0.0714. The lowest BCUT2D eigenvalue weighted by Gasteiger charge is -2.14. The van der Waals surface area contributed by atoms with Gasteiger partial charge in [0.05, 0.1) is 16.8 Å². The van der Waals surface area contributed by atoms with E-state index in [1.54, 1.807) is 12.1 Å². The summed E-state index contributed by atoms with van der Waals surface area (Å²) >= 11 is 3.41. The smallest absolute Gasteiger partial charge is 0.262 e. The Morgan fingerprint density at radius 3 is 2.62 bits per heavy atom. The third-order valence-corrected chi connectivity index (χ3v) is 4.40. The monoisotopic (exact) mass is 347 g/mol. The van der Waals surface area contributed by atoms with Crippen LogP contribution in [0, 0.1) is 6.92 Å². The Kier molecular flexibility index (Phi) is 2.94. The van der Waals surface area contributed by atoms with E-state index in [4.69, 9.17) is 5.73 Å². The summed E-state index contributed by atoms with van der Waals surface area (Å²) in [6.45, 7) is 1.87. The number of anilines is 1. The number of aromatic nitrogens is 1.